The maximum absolute atomic E-state index is 11.3. The lowest BCUT2D eigenvalue weighted by molar-refractivity contribution is 0.323. The highest BCUT2D eigenvalue weighted by Crippen LogP contribution is 2.46. The maximum atomic E-state index is 11.3. The molecule has 82 valence electrons. The van der Waals surface area contributed by atoms with Crippen molar-refractivity contribution >= 4 is 18.4 Å². The Labute approximate surface area is 94.2 Å². The Hall–Kier alpha value is -1.15. The minimum absolute atomic E-state index is 0.561. The molecular formula is C12H11O3P. The highest BCUT2D eigenvalue weighted by molar-refractivity contribution is 7.55. The van der Waals surface area contributed by atoms with Crippen LogP contribution in [0.4, 0.5) is 0 Å². The fourth-order valence-corrected chi connectivity index (χ4v) is 2.02. The summed E-state index contributed by atoms with van der Waals surface area (Å²) in [5, 5.41) is 2.09. The second-order valence-corrected chi connectivity index (χ2v) is 5.01. The summed E-state index contributed by atoms with van der Waals surface area (Å²) in [6.07, 6.45) is 2.45. The molecule has 1 atom stereocenters. The molecule has 0 spiro atoms. The second kappa shape index (κ2) is 4.38. The third kappa shape index (κ3) is 2.50. The Morgan fingerprint density at radius 1 is 1.19 bits per heavy atom. The van der Waals surface area contributed by atoms with Crippen molar-refractivity contribution < 1.29 is 14.0 Å². The Morgan fingerprint density at radius 3 is 2.56 bits per heavy atom. The van der Waals surface area contributed by atoms with Gasteiger partial charge >= 0.3 is 7.60 Å². The smallest absolute Gasteiger partial charge is 0.324 e. The van der Waals surface area contributed by atoms with Crippen LogP contribution < -0.4 is 0 Å². The molecule has 0 saturated heterocycles. The van der Waals surface area contributed by atoms with Gasteiger partial charge in [0.1, 0.15) is 6.16 Å². The van der Waals surface area contributed by atoms with Gasteiger partial charge in [0.05, 0.1) is 0 Å². The molecule has 0 aliphatic heterocycles. The third-order valence-corrected chi connectivity index (χ3v) is 3.30. The number of benzene rings is 2. The SMILES string of the molecule is COP(=O)(O)[C]c1ccc2ccccc2c1. The van der Waals surface area contributed by atoms with Gasteiger partial charge in [0, 0.05) is 7.11 Å². The van der Waals surface area contributed by atoms with E-state index in [1.54, 1.807) is 12.1 Å². The molecule has 0 bridgehead atoms. The van der Waals surface area contributed by atoms with Gasteiger partial charge in [-0.1, -0.05) is 36.4 Å². The van der Waals surface area contributed by atoms with Crippen LogP contribution in [0.2, 0.25) is 0 Å². The van der Waals surface area contributed by atoms with E-state index in [9.17, 15) is 9.46 Å². The third-order valence-electron chi connectivity index (χ3n) is 2.27. The molecule has 0 heterocycles. The van der Waals surface area contributed by atoms with Crippen molar-refractivity contribution in [1.29, 1.82) is 0 Å². The Morgan fingerprint density at radius 2 is 1.88 bits per heavy atom. The molecule has 0 aliphatic rings. The minimum atomic E-state index is -3.72. The van der Waals surface area contributed by atoms with Gasteiger partial charge in [0.2, 0.25) is 0 Å². The van der Waals surface area contributed by atoms with E-state index < -0.39 is 7.60 Å². The summed E-state index contributed by atoms with van der Waals surface area (Å²) in [4.78, 5) is 9.27. The van der Waals surface area contributed by atoms with Crippen LogP contribution in [0.15, 0.2) is 42.5 Å². The first-order chi connectivity index (χ1) is 7.61. The predicted octanol–water partition coefficient (Wildman–Crippen LogP) is 3.06. The lowest BCUT2D eigenvalue weighted by Gasteiger charge is -2.07. The second-order valence-electron chi connectivity index (χ2n) is 3.38. The van der Waals surface area contributed by atoms with Crippen LogP contribution in [0.5, 0.6) is 0 Å². The topological polar surface area (TPSA) is 46.5 Å². The first-order valence-corrected chi connectivity index (χ1v) is 6.34. The fraction of sp³-hybridized carbons (Fsp3) is 0.0833. The van der Waals surface area contributed by atoms with E-state index in [0.717, 1.165) is 10.8 Å². The van der Waals surface area contributed by atoms with E-state index in [-0.39, 0.29) is 0 Å². The standard InChI is InChI=1S/C12H11O3P/c1-15-16(13,14)9-10-6-7-11-4-2-3-5-12(11)8-10/h2-8H,1H3,(H,13,14). The van der Waals surface area contributed by atoms with E-state index in [2.05, 4.69) is 10.7 Å². The van der Waals surface area contributed by atoms with Crippen LogP contribution in [-0.4, -0.2) is 12.0 Å². The van der Waals surface area contributed by atoms with Gasteiger partial charge in [-0.05, 0) is 22.4 Å². The summed E-state index contributed by atoms with van der Waals surface area (Å²) in [5.74, 6) is 0. The summed E-state index contributed by atoms with van der Waals surface area (Å²) in [7, 11) is -2.53. The largest absolute Gasteiger partial charge is 0.341 e. The van der Waals surface area contributed by atoms with Crippen molar-refractivity contribution in [3.63, 3.8) is 0 Å². The van der Waals surface area contributed by atoms with Crippen molar-refractivity contribution in [2.45, 2.75) is 0 Å². The van der Waals surface area contributed by atoms with Gasteiger partial charge in [-0.3, -0.25) is 4.57 Å². The molecule has 4 heteroatoms. The van der Waals surface area contributed by atoms with Gasteiger partial charge in [-0.25, -0.2) is 0 Å². The van der Waals surface area contributed by atoms with Gasteiger partial charge in [-0.2, -0.15) is 0 Å². The Balaban J connectivity index is 2.37. The van der Waals surface area contributed by atoms with Crippen LogP contribution in [0.3, 0.4) is 0 Å². The maximum Gasteiger partial charge on any atom is 0.341 e. The van der Waals surface area contributed by atoms with Crippen LogP contribution in [-0.2, 0) is 9.09 Å². The summed E-state index contributed by atoms with van der Waals surface area (Å²) in [6, 6.07) is 13.2. The quantitative estimate of drug-likeness (QED) is 0.830. The fourth-order valence-electron chi connectivity index (χ4n) is 1.47. The first-order valence-electron chi connectivity index (χ1n) is 4.76. The summed E-state index contributed by atoms with van der Waals surface area (Å²) in [5.41, 5.74) is 0.561. The number of rotatable bonds is 3. The molecular weight excluding hydrogens is 223 g/mol. The molecule has 2 rings (SSSR count). The van der Waals surface area contributed by atoms with Crippen molar-refractivity contribution in [1.82, 2.24) is 0 Å². The summed E-state index contributed by atoms with van der Waals surface area (Å²) < 4.78 is 15.8. The molecule has 0 aromatic heterocycles. The van der Waals surface area contributed by atoms with Crippen molar-refractivity contribution in [3.8, 4) is 0 Å². The van der Waals surface area contributed by atoms with Crippen LogP contribution >= 0.6 is 7.60 Å². The highest BCUT2D eigenvalue weighted by atomic mass is 31.2. The van der Waals surface area contributed by atoms with E-state index in [0.29, 0.717) is 5.56 Å². The van der Waals surface area contributed by atoms with Crippen molar-refractivity contribution in [3.05, 3.63) is 54.2 Å². The number of hydrogen-bond acceptors (Lipinski definition) is 2. The van der Waals surface area contributed by atoms with Gasteiger partial charge in [0.25, 0.3) is 0 Å². The zero-order valence-electron chi connectivity index (χ0n) is 8.75. The molecule has 2 aromatic carbocycles. The lowest BCUT2D eigenvalue weighted by atomic mass is 10.1. The molecule has 0 aliphatic carbocycles. The molecule has 2 aromatic rings. The van der Waals surface area contributed by atoms with Crippen LogP contribution in [0.1, 0.15) is 5.56 Å². The molecule has 3 nitrogen and oxygen atoms in total. The molecule has 1 N–H and O–H groups in total. The normalized spacial score (nSPS) is 14.9. The van der Waals surface area contributed by atoms with Gasteiger partial charge in [0.15, 0.2) is 0 Å². The van der Waals surface area contributed by atoms with Gasteiger partial charge in [-0.15, -0.1) is 0 Å². The molecule has 0 saturated carbocycles. The molecule has 2 radical (unpaired) electrons. The lowest BCUT2D eigenvalue weighted by Crippen LogP contribution is -1.87. The first kappa shape index (κ1) is 11.3. The molecule has 0 amide bonds. The van der Waals surface area contributed by atoms with Crippen molar-refractivity contribution in [2.24, 2.45) is 0 Å². The molecule has 1 unspecified atom stereocenters. The average Bonchev–Trinajstić information content (AvgIpc) is 2.28. The number of hydrogen-bond donors (Lipinski definition) is 1. The monoisotopic (exact) mass is 234 g/mol. The van der Waals surface area contributed by atoms with E-state index >= 15 is 0 Å². The molecule has 16 heavy (non-hydrogen) atoms. The highest BCUT2D eigenvalue weighted by Gasteiger charge is 2.19. The summed E-state index contributed by atoms with van der Waals surface area (Å²) >= 11 is 0. The zero-order chi connectivity index (χ0) is 11.6. The van der Waals surface area contributed by atoms with Gasteiger partial charge < -0.3 is 9.42 Å². The predicted molar refractivity (Wildman–Crippen MR) is 63.1 cm³/mol. The van der Waals surface area contributed by atoms with E-state index in [4.69, 9.17) is 0 Å². The Kier molecular flexibility index (Phi) is 3.10. The minimum Gasteiger partial charge on any atom is -0.324 e. The zero-order valence-corrected chi connectivity index (χ0v) is 9.65. The van der Waals surface area contributed by atoms with Crippen LogP contribution in [0.25, 0.3) is 10.8 Å². The van der Waals surface area contributed by atoms with Crippen molar-refractivity contribution in [2.75, 3.05) is 7.11 Å². The van der Waals surface area contributed by atoms with E-state index in [1.165, 1.54) is 7.11 Å². The summed E-state index contributed by atoms with van der Waals surface area (Å²) in [6.45, 7) is 0. The Bertz CT molecular complexity index is 551. The average molecular weight is 234 g/mol. The molecule has 0 fully saturated rings. The number of fused-ring (bicyclic) bond motifs is 1. The van der Waals surface area contributed by atoms with Crippen LogP contribution in [0, 0.1) is 6.16 Å². The van der Waals surface area contributed by atoms with E-state index in [1.807, 2.05) is 30.3 Å².